The van der Waals surface area contributed by atoms with E-state index in [1.165, 1.54) is 0 Å². The maximum absolute atomic E-state index is 9.51. The average molecular weight is 170 g/mol. The van der Waals surface area contributed by atoms with Gasteiger partial charge < -0.3 is 5.73 Å². The Kier molecular flexibility index (Phi) is 6.42. The van der Waals surface area contributed by atoms with Crippen molar-refractivity contribution in [2.45, 2.75) is 0 Å². The minimum absolute atomic E-state index is 0.139. The SMILES string of the molecule is NC(=O)CS.c1ccncc1. The number of aromatic nitrogens is 1. The molecule has 3 nitrogen and oxygen atoms in total. The second-order valence-electron chi connectivity index (χ2n) is 1.65. The fourth-order valence-corrected chi connectivity index (χ4v) is 0.313. The Balaban J connectivity index is 0.000000187. The van der Waals surface area contributed by atoms with Gasteiger partial charge in [0.1, 0.15) is 0 Å². The van der Waals surface area contributed by atoms with Crippen LogP contribution in [0.3, 0.4) is 0 Å². The maximum Gasteiger partial charge on any atom is 0.227 e. The van der Waals surface area contributed by atoms with Gasteiger partial charge in [0, 0.05) is 12.4 Å². The molecule has 2 N–H and O–H groups in total. The lowest BCUT2D eigenvalue weighted by Gasteiger charge is -1.72. The van der Waals surface area contributed by atoms with Crippen LogP contribution >= 0.6 is 12.6 Å². The number of nitrogens with two attached hydrogens (primary N) is 1. The van der Waals surface area contributed by atoms with E-state index in [2.05, 4.69) is 23.3 Å². The molecule has 1 aromatic heterocycles. The molecule has 1 amide bonds. The second kappa shape index (κ2) is 7.08. The van der Waals surface area contributed by atoms with Crippen LogP contribution in [0.1, 0.15) is 0 Å². The van der Waals surface area contributed by atoms with Crippen molar-refractivity contribution in [1.29, 1.82) is 0 Å². The molecule has 4 heteroatoms. The van der Waals surface area contributed by atoms with Crippen LogP contribution in [0.5, 0.6) is 0 Å². The van der Waals surface area contributed by atoms with E-state index in [9.17, 15) is 4.79 Å². The molecule has 0 spiro atoms. The van der Waals surface area contributed by atoms with Crippen molar-refractivity contribution in [2.75, 3.05) is 5.75 Å². The molecule has 0 aliphatic heterocycles. The molecule has 0 atom stereocenters. The van der Waals surface area contributed by atoms with Crippen molar-refractivity contribution in [3.63, 3.8) is 0 Å². The van der Waals surface area contributed by atoms with Crippen LogP contribution in [0.4, 0.5) is 0 Å². The summed E-state index contributed by atoms with van der Waals surface area (Å²) in [6.07, 6.45) is 3.50. The zero-order chi connectivity index (χ0) is 8.53. The van der Waals surface area contributed by atoms with Crippen LogP contribution in [-0.2, 0) is 4.79 Å². The minimum Gasteiger partial charge on any atom is -0.369 e. The molecule has 0 aliphatic rings. The van der Waals surface area contributed by atoms with Crippen molar-refractivity contribution in [1.82, 2.24) is 4.98 Å². The van der Waals surface area contributed by atoms with Crippen molar-refractivity contribution in [2.24, 2.45) is 5.73 Å². The number of pyridine rings is 1. The Morgan fingerprint density at radius 3 is 1.91 bits per heavy atom. The number of carbonyl (C=O) groups excluding carboxylic acids is 1. The summed E-state index contributed by atoms with van der Waals surface area (Å²) in [5.41, 5.74) is 4.58. The lowest BCUT2D eigenvalue weighted by atomic mass is 10.5. The predicted octanol–water partition coefficient (Wildman–Crippen LogP) is 0.483. The van der Waals surface area contributed by atoms with Gasteiger partial charge in [0.25, 0.3) is 0 Å². The molecule has 1 aromatic rings. The molecule has 0 fully saturated rings. The minimum atomic E-state index is -0.381. The van der Waals surface area contributed by atoms with E-state index in [-0.39, 0.29) is 11.7 Å². The van der Waals surface area contributed by atoms with Crippen LogP contribution < -0.4 is 5.73 Å². The van der Waals surface area contributed by atoms with Gasteiger partial charge in [0.2, 0.25) is 5.91 Å². The lowest BCUT2D eigenvalue weighted by molar-refractivity contribution is -0.115. The highest BCUT2D eigenvalue weighted by Crippen LogP contribution is 1.73. The van der Waals surface area contributed by atoms with Gasteiger partial charge in [0.15, 0.2) is 0 Å². The molecule has 0 aromatic carbocycles. The predicted molar refractivity (Wildman–Crippen MR) is 47.3 cm³/mol. The Morgan fingerprint density at radius 1 is 1.36 bits per heavy atom. The molecule has 11 heavy (non-hydrogen) atoms. The summed E-state index contributed by atoms with van der Waals surface area (Å²) in [6, 6.07) is 5.72. The topological polar surface area (TPSA) is 56.0 Å². The number of hydrogen-bond acceptors (Lipinski definition) is 3. The first-order valence-electron chi connectivity index (χ1n) is 3.01. The third kappa shape index (κ3) is 8.97. The molecule has 1 heterocycles. The van der Waals surface area contributed by atoms with Gasteiger partial charge >= 0.3 is 0 Å². The van der Waals surface area contributed by atoms with Gasteiger partial charge in [-0.1, -0.05) is 6.07 Å². The van der Waals surface area contributed by atoms with Crippen molar-refractivity contribution in [3.05, 3.63) is 30.6 Å². The fraction of sp³-hybridized carbons (Fsp3) is 0.143. The number of carbonyl (C=O) groups is 1. The zero-order valence-electron chi connectivity index (χ0n) is 5.97. The summed E-state index contributed by atoms with van der Waals surface area (Å²) >= 11 is 3.54. The standard InChI is InChI=1S/C5H5N.C2H5NOS/c1-2-4-6-5-3-1;3-2(4)1-5/h1-5H;5H,1H2,(H2,3,4). The van der Waals surface area contributed by atoms with Crippen LogP contribution in [0.15, 0.2) is 30.6 Å². The summed E-state index contributed by atoms with van der Waals surface area (Å²) in [7, 11) is 0. The van der Waals surface area contributed by atoms with Gasteiger partial charge in [-0.25, -0.2) is 0 Å². The average Bonchev–Trinajstić information content (AvgIpc) is 2.09. The molecular weight excluding hydrogens is 160 g/mol. The van der Waals surface area contributed by atoms with Crippen molar-refractivity contribution >= 4 is 18.5 Å². The van der Waals surface area contributed by atoms with Crippen LogP contribution in [0.25, 0.3) is 0 Å². The summed E-state index contributed by atoms with van der Waals surface area (Å²) in [4.78, 5) is 13.3. The summed E-state index contributed by atoms with van der Waals surface area (Å²) in [5.74, 6) is -0.242. The zero-order valence-corrected chi connectivity index (χ0v) is 6.87. The lowest BCUT2D eigenvalue weighted by Crippen LogP contribution is -2.10. The first kappa shape index (κ1) is 9.97. The van der Waals surface area contributed by atoms with Crippen LogP contribution in [-0.4, -0.2) is 16.6 Å². The van der Waals surface area contributed by atoms with Crippen molar-refractivity contribution < 1.29 is 4.79 Å². The largest absolute Gasteiger partial charge is 0.369 e. The van der Waals surface area contributed by atoms with E-state index in [1.807, 2.05) is 18.2 Å². The Bertz CT molecular complexity index is 164. The Morgan fingerprint density at radius 2 is 1.82 bits per heavy atom. The van der Waals surface area contributed by atoms with E-state index in [1.54, 1.807) is 12.4 Å². The summed E-state index contributed by atoms with van der Waals surface area (Å²) < 4.78 is 0. The molecule has 0 saturated heterocycles. The fourth-order valence-electron chi connectivity index (χ4n) is 0.313. The molecule has 0 radical (unpaired) electrons. The first-order chi connectivity index (χ1) is 5.27. The van der Waals surface area contributed by atoms with Crippen LogP contribution in [0.2, 0.25) is 0 Å². The van der Waals surface area contributed by atoms with E-state index in [4.69, 9.17) is 0 Å². The first-order valence-corrected chi connectivity index (χ1v) is 3.64. The van der Waals surface area contributed by atoms with E-state index in [0.29, 0.717) is 0 Å². The van der Waals surface area contributed by atoms with Crippen LogP contribution in [0, 0.1) is 0 Å². The Labute approximate surface area is 71.0 Å². The quantitative estimate of drug-likeness (QED) is 0.602. The molecule has 1 rings (SSSR count). The molecule has 0 saturated carbocycles. The third-order valence-corrected chi connectivity index (χ3v) is 1.03. The molecular formula is C7H10N2OS. The monoisotopic (exact) mass is 170 g/mol. The number of primary amides is 1. The number of amides is 1. The number of nitrogens with zero attached hydrogens (tertiary/aromatic N) is 1. The highest BCUT2D eigenvalue weighted by molar-refractivity contribution is 7.81. The van der Waals surface area contributed by atoms with E-state index in [0.717, 1.165) is 0 Å². The highest BCUT2D eigenvalue weighted by Gasteiger charge is 1.78. The number of thiol groups is 1. The van der Waals surface area contributed by atoms with Crippen molar-refractivity contribution in [3.8, 4) is 0 Å². The normalized spacial score (nSPS) is 7.73. The number of hydrogen-bond donors (Lipinski definition) is 2. The molecule has 0 aliphatic carbocycles. The highest BCUT2D eigenvalue weighted by atomic mass is 32.1. The smallest absolute Gasteiger partial charge is 0.227 e. The maximum atomic E-state index is 9.51. The van der Waals surface area contributed by atoms with E-state index < -0.39 is 0 Å². The Hall–Kier alpha value is -1.03. The summed E-state index contributed by atoms with van der Waals surface area (Å²) in [5, 5.41) is 0. The number of rotatable bonds is 1. The van der Waals surface area contributed by atoms with Gasteiger partial charge in [0.05, 0.1) is 5.75 Å². The van der Waals surface area contributed by atoms with Gasteiger partial charge in [-0.2, -0.15) is 12.6 Å². The van der Waals surface area contributed by atoms with Gasteiger partial charge in [-0.3, -0.25) is 9.78 Å². The molecule has 0 unspecified atom stereocenters. The second-order valence-corrected chi connectivity index (χ2v) is 1.97. The third-order valence-electron chi connectivity index (χ3n) is 0.722. The van der Waals surface area contributed by atoms with E-state index >= 15 is 0 Å². The van der Waals surface area contributed by atoms with Gasteiger partial charge in [-0.05, 0) is 12.1 Å². The molecule has 0 bridgehead atoms. The van der Waals surface area contributed by atoms with Gasteiger partial charge in [-0.15, -0.1) is 0 Å². The summed E-state index contributed by atoms with van der Waals surface area (Å²) in [6.45, 7) is 0. The molecule has 60 valence electrons.